The second kappa shape index (κ2) is 7.07. The number of nitrogens with one attached hydrogen (secondary N) is 1. The minimum atomic E-state index is 0.106. The van der Waals surface area contributed by atoms with Crippen LogP contribution in [0.5, 0.6) is 0 Å². The van der Waals surface area contributed by atoms with Crippen LogP contribution in [-0.2, 0) is 4.79 Å². The number of hydrogen-bond acceptors (Lipinski definition) is 2. The molecule has 0 aliphatic carbocycles. The first-order valence-electron chi connectivity index (χ1n) is 6.17. The van der Waals surface area contributed by atoms with Gasteiger partial charge in [-0.2, -0.15) is 0 Å². The van der Waals surface area contributed by atoms with E-state index in [0.717, 1.165) is 6.42 Å². The summed E-state index contributed by atoms with van der Waals surface area (Å²) in [5.41, 5.74) is 7.87. The Hall–Kier alpha value is -1.35. The van der Waals surface area contributed by atoms with Gasteiger partial charge in [-0.05, 0) is 36.9 Å². The van der Waals surface area contributed by atoms with E-state index < -0.39 is 0 Å². The van der Waals surface area contributed by atoms with Crippen LogP contribution in [0.2, 0.25) is 0 Å². The van der Waals surface area contributed by atoms with Gasteiger partial charge in [-0.15, -0.1) is 0 Å². The number of aryl methyl sites for hydroxylation is 1. The van der Waals surface area contributed by atoms with Crippen LogP contribution >= 0.6 is 0 Å². The molecule has 0 aliphatic heterocycles. The molecule has 0 fully saturated rings. The molecule has 1 unspecified atom stereocenters. The van der Waals surface area contributed by atoms with Crippen molar-refractivity contribution in [3.05, 3.63) is 35.4 Å². The first-order chi connectivity index (χ1) is 8.15. The van der Waals surface area contributed by atoms with Gasteiger partial charge in [-0.25, -0.2) is 0 Å². The van der Waals surface area contributed by atoms with Crippen molar-refractivity contribution in [1.82, 2.24) is 5.32 Å². The number of nitrogens with two attached hydrogens (primary N) is 1. The normalized spacial score (nSPS) is 12.2. The van der Waals surface area contributed by atoms with E-state index in [-0.39, 0.29) is 11.8 Å². The van der Waals surface area contributed by atoms with E-state index in [1.54, 1.807) is 0 Å². The molecule has 0 radical (unpaired) electrons. The molecule has 1 aromatic carbocycles. The van der Waals surface area contributed by atoms with Gasteiger partial charge in [-0.3, -0.25) is 4.79 Å². The topological polar surface area (TPSA) is 55.1 Å². The summed E-state index contributed by atoms with van der Waals surface area (Å²) in [6.45, 7) is 5.46. The van der Waals surface area contributed by atoms with Crippen molar-refractivity contribution in [2.45, 2.75) is 32.6 Å². The summed E-state index contributed by atoms with van der Waals surface area (Å²) >= 11 is 0. The quantitative estimate of drug-likeness (QED) is 0.739. The van der Waals surface area contributed by atoms with Crippen molar-refractivity contribution in [3.8, 4) is 0 Å². The van der Waals surface area contributed by atoms with Gasteiger partial charge in [0.2, 0.25) is 5.91 Å². The fourth-order valence-corrected chi connectivity index (χ4v) is 1.93. The lowest BCUT2D eigenvalue weighted by Crippen LogP contribution is -2.27. The van der Waals surface area contributed by atoms with Crippen molar-refractivity contribution in [1.29, 1.82) is 0 Å². The summed E-state index contributed by atoms with van der Waals surface area (Å²) in [6, 6.07) is 8.21. The van der Waals surface area contributed by atoms with Gasteiger partial charge >= 0.3 is 0 Å². The lowest BCUT2D eigenvalue weighted by Gasteiger charge is -2.14. The summed E-state index contributed by atoms with van der Waals surface area (Å²) < 4.78 is 0. The minimum Gasteiger partial charge on any atom is -0.356 e. The van der Waals surface area contributed by atoms with Crippen molar-refractivity contribution in [2.75, 3.05) is 13.1 Å². The average Bonchev–Trinajstić information content (AvgIpc) is 2.29. The molecule has 3 heteroatoms. The molecule has 0 spiro atoms. The maximum atomic E-state index is 11.7. The zero-order chi connectivity index (χ0) is 12.7. The second-order valence-corrected chi connectivity index (χ2v) is 4.45. The molecule has 1 amide bonds. The van der Waals surface area contributed by atoms with Crippen LogP contribution in [0.15, 0.2) is 24.3 Å². The van der Waals surface area contributed by atoms with Gasteiger partial charge in [0.15, 0.2) is 0 Å². The highest BCUT2D eigenvalue weighted by atomic mass is 16.1. The van der Waals surface area contributed by atoms with E-state index in [2.05, 4.69) is 31.3 Å². The van der Waals surface area contributed by atoms with Crippen LogP contribution in [0.4, 0.5) is 0 Å². The third-order valence-corrected chi connectivity index (χ3v) is 2.91. The largest absolute Gasteiger partial charge is 0.356 e. The Kier molecular flexibility index (Phi) is 5.70. The van der Waals surface area contributed by atoms with E-state index in [0.29, 0.717) is 19.5 Å². The fourth-order valence-electron chi connectivity index (χ4n) is 1.93. The molecule has 17 heavy (non-hydrogen) atoms. The number of benzene rings is 1. The molecule has 3 N–H and O–H groups in total. The van der Waals surface area contributed by atoms with Crippen LogP contribution in [0.25, 0.3) is 0 Å². The molecule has 0 aromatic heterocycles. The Labute approximate surface area is 103 Å². The summed E-state index contributed by atoms with van der Waals surface area (Å²) in [6.07, 6.45) is 1.37. The SMILES string of the molecule is Cc1ccccc1C(C)CC(=O)NCCCN. The highest BCUT2D eigenvalue weighted by molar-refractivity contribution is 5.76. The molecular weight excluding hydrogens is 212 g/mol. The predicted molar refractivity (Wildman–Crippen MR) is 70.9 cm³/mol. The number of carbonyl (C=O) groups is 1. The number of rotatable bonds is 6. The molecule has 0 bridgehead atoms. The maximum absolute atomic E-state index is 11.7. The van der Waals surface area contributed by atoms with Crippen molar-refractivity contribution >= 4 is 5.91 Å². The molecule has 0 saturated heterocycles. The Morgan fingerprint density at radius 3 is 2.76 bits per heavy atom. The molecule has 0 saturated carbocycles. The Balaban J connectivity index is 2.46. The van der Waals surface area contributed by atoms with Crippen molar-refractivity contribution in [3.63, 3.8) is 0 Å². The van der Waals surface area contributed by atoms with Gasteiger partial charge in [0.05, 0.1) is 0 Å². The van der Waals surface area contributed by atoms with Gasteiger partial charge in [0.1, 0.15) is 0 Å². The Bertz CT molecular complexity index is 363. The smallest absolute Gasteiger partial charge is 0.220 e. The maximum Gasteiger partial charge on any atom is 0.220 e. The number of amides is 1. The van der Waals surface area contributed by atoms with Gasteiger partial charge in [-0.1, -0.05) is 31.2 Å². The summed E-state index contributed by atoms with van der Waals surface area (Å²) in [5.74, 6) is 0.364. The van der Waals surface area contributed by atoms with Crippen LogP contribution in [0.1, 0.15) is 36.8 Å². The summed E-state index contributed by atoms with van der Waals surface area (Å²) in [7, 11) is 0. The predicted octanol–water partition coefficient (Wildman–Crippen LogP) is 1.95. The van der Waals surface area contributed by atoms with E-state index in [4.69, 9.17) is 5.73 Å². The molecule has 1 aromatic rings. The molecule has 1 rings (SSSR count). The van der Waals surface area contributed by atoms with Gasteiger partial charge < -0.3 is 11.1 Å². The highest BCUT2D eigenvalue weighted by Gasteiger charge is 2.12. The van der Waals surface area contributed by atoms with E-state index in [9.17, 15) is 4.79 Å². The lowest BCUT2D eigenvalue weighted by atomic mass is 9.93. The minimum absolute atomic E-state index is 0.106. The second-order valence-electron chi connectivity index (χ2n) is 4.45. The highest BCUT2D eigenvalue weighted by Crippen LogP contribution is 2.21. The Morgan fingerprint density at radius 1 is 1.41 bits per heavy atom. The number of hydrogen-bond donors (Lipinski definition) is 2. The number of carbonyl (C=O) groups excluding carboxylic acids is 1. The molecule has 3 nitrogen and oxygen atoms in total. The standard InChI is InChI=1S/C14H22N2O/c1-11-6-3-4-7-13(11)12(2)10-14(17)16-9-5-8-15/h3-4,6-7,12H,5,8-10,15H2,1-2H3,(H,16,17). The third kappa shape index (κ3) is 4.57. The zero-order valence-corrected chi connectivity index (χ0v) is 10.7. The van der Waals surface area contributed by atoms with Crippen LogP contribution in [-0.4, -0.2) is 19.0 Å². The average molecular weight is 234 g/mol. The molecule has 1 atom stereocenters. The first kappa shape index (κ1) is 13.7. The third-order valence-electron chi connectivity index (χ3n) is 2.91. The molecule has 0 heterocycles. The lowest BCUT2D eigenvalue weighted by molar-refractivity contribution is -0.121. The van der Waals surface area contributed by atoms with Crippen molar-refractivity contribution in [2.24, 2.45) is 5.73 Å². The fraction of sp³-hybridized carbons (Fsp3) is 0.500. The summed E-state index contributed by atoms with van der Waals surface area (Å²) in [5, 5.41) is 2.88. The Morgan fingerprint density at radius 2 is 2.12 bits per heavy atom. The van der Waals surface area contributed by atoms with Crippen LogP contribution in [0.3, 0.4) is 0 Å². The molecular formula is C14H22N2O. The van der Waals surface area contributed by atoms with Crippen molar-refractivity contribution < 1.29 is 4.79 Å². The zero-order valence-electron chi connectivity index (χ0n) is 10.7. The van der Waals surface area contributed by atoms with Crippen LogP contribution in [0, 0.1) is 6.92 Å². The first-order valence-corrected chi connectivity index (χ1v) is 6.17. The van der Waals surface area contributed by atoms with Gasteiger partial charge in [0, 0.05) is 13.0 Å². The van der Waals surface area contributed by atoms with Crippen LogP contribution < -0.4 is 11.1 Å². The van der Waals surface area contributed by atoms with Gasteiger partial charge in [0.25, 0.3) is 0 Å². The monoisotopic (exact) mass is 234 g/mol. The van der Waals surface area contributed by atoms with E-state index in [1.807, 2.05) is 12.1 Å². The van der Waals surface area contributed by atoms with E-state index in [1.165, 1.54) is 11.1 Å². The summed E-state index contributed by atoms with van der Waals surface area (Å²) in [4.78, 5) is 11.7. The van der Waals surface area contributed by atoms with E-state index >= 15 is 0 Å². The molecule has 94 valence electrons. The molecule has 0 aliphatic rings.